The minimum atomic E-state index is -3.85. The zero-order chi connectivity index (χ0) is 17.0. The molecule has 3 rings (SSSR count). The number of carbonyl (C=O) groups is 1. The maximum atomic E-state index is 12.9. The second kappa shape index (κ2) is 5.04. The third-order valence-corrected chi connectivity index (χ3v) is 5.43. The number of benzene rings is 1. The number of nitrogens with one attached hydrogen (secondary N) is 1. The Bertz CT molecular complexity index is 809. The first-order valence-electron chi connectivity index (χ1n) is 7.28. The standard InChI is InChI=1S/C15H19N3O4S/c1-9-5-6-12-10(7-9)16-14-17-13(19)11(8-22-15(2,3)4)18(14)23(12,20)21/h5-7,11H,8H2,1-4H3,(H,16,17,19). The van der Waals surface area contributed by atoms with Crippen molar-refractivity contribution in [3.05, 3.63) is 23.8 Å². The fraction of sp³-hybridized carbons (Fsp3) is 0.467. The van der Waals surface area contributed by atoms with Crippen molar-refractivity contribution < 1.29 is 17.9 Å². The highest BCUT2D eigenvalue weighted by atomic mass is 32.2. The highest BCUT2D eigenvalue weighted by Gasteiger charge is 2.48. The Hall–Kier alpha value is -1.93. The molecule has 0 radical (unpaired) electrons. The van der Waals surface area contributed by atoms with Crippen LogP contribution < -0.4 is 5.32 Å². The van der Waals surface area contributed by atoms with Gasteiger partial charge < -0.3 is 4.74 Å². The summed E-state index contributed by atoms with van der Waals surface area (Å²) in [7, 11) is -3.85. The van der Waals surface area contributed by atoms with Gasteiger partial charge in [-0.05, 0) is 45.4 Å². The number of amides is 1. The van der Waals surface area contributed by atoms with Gasteiger partial charge in [0.05, 0.1) is 17.9 Å². The Morgan fingerprint density at radius 2 is 2.04 bits per heavy atom. The average Bonchev–Trinajstić information content (AvgIpc) is 2.71. The first-order valence-corrected chi connectivity index (χ1v) is 8.72. The van der Waals surface area contributed by atoms with Gasteiger partial charge >= 0.3 is 0 Å². The first kappa shape index (κ1) is 15.9. The van der Waals surface area contributed by atoms with Gasteiger partial charge in [-0.2, -0.15) is 0 Å². The van der Waals surface area contributed by atoms with Gasteiger partial charge in [0.25, 0.3) is 15.9 Å². The molecule has 1 aromatic rings. The minimum Gasteiger partial charge on any atom is -0.373 e. The van der Waals surface area contributed by atoms with Crippen molar-refractivity contribution in [3.63, 3.8) is 0 Å². The molecule has 1 unspecified atom stereocenters. The summed E-state index contributed by atoms with van der Waals surface area (Å²) in [5.74, 6) is -0.392. The molecular formula is C15H19N3O4S. The predicted octanol–water partition coefficient (Wildman–Crippen LogP) is 1.30. The molecule has 0 bridgehead atoms. The van der Waals surface area contributed by atoms with Crippen molar-refractivity contribution in [2.24, 2.45) is 4.99 Å². The number of sulfonamides is 1. The summed E-state index contributed by atoms with van der Waals surface area (Å²) in [6, 6.07) is 3.96. The predicted molar refractivity (Wildman–Crippen MR) is 84.9 cm³/mol. The van der Waals surface area contributed by atoms with E-state index >= 15 is 0 Å². The fourth-order valence-corrected chi connectivity index (χ4v) is 4.11. The molecule has 1 N–H and O–H groups in total. The third kappa shape index (κ3) is 2.72. The smallest absolute Gasteiger partial charge is 0.269 e. The van der Waals surface area contributed by atoms with E-state index in [1.807, 2.05) is 27.7 Å². The number of rotatable bonds is 2. The maximum absolute atomic E-state index is 12.9. The van der Waals surface area contributed by atoms with E-state index < -0.39 is 27.6 Å². The summed E-state index contributed by atoms with van der Waals surface area (Å²) in [4.78, 5) is 16.6. The lowest BCUT2D eigenvalue weighted by atomic mass is 10.2. The number of nitrogens with zero attached hydrogens (tertiary/aromatic N) is 2. The molecule has 0 aliphatic carbocycles. The van der Waals surface area contributed by atoms with Gasteiger partial charge in [-0.25, -0.2) is 17.7 Å². The van der Waals surface area contributed by atoms with Crippen molar-refractivity contribution in [2.45, 2.75) is 44.2 Å². The quantitative estimate of drug-likeness (QED) is 0.881. The molecule has 8 heteroatoms. The normalized spacial score (nSPS) is 22.3. The lowest BCUT2D eigenvalue weighted by Gasteiger charge is -2.29. The Morgan fingerprint density at radius 3 is 2.70 bits per heavy atom. The summed E-state index contributed by atoms with van der Waals surface area (Å²) in [5, 5.41) is 2.54. The molecule has 7 nitrogen and oxygen atoms in total. The van der Waals surface area contributed by atoms with Gasteiger partial charge in [0.1, 0.15) is 4.90 Å². The molecule has 1 amide bonds. The Balaban J connectivity index is 2.03. The summed E-state index contributed by atoms with van der Waals surface area (Å²) >= 11 is 0. The molecule has 23 heavy (non-hydrogen) atoms. The molecule has 0 saturated carbocycles. The van der Waals surface area contributed by atoms with Crippen molar-refractivity contribution in [1.82, 2.24) is 9.62 Å². The van der Waals surface area contributed by atoms with Crippen LogP contribution in [-0.4, -0.2) is 42.8 Å². The summed E-state index contributed by atoms with van der Waals surface area (Å²) in [5.41, 5.74) is 0.761. The molecule has 1 atom stereocenters. The maximum Gasteiger partial charge on any atom is 0.269 e. The number of hydrogen-bond donors (Lipinski definition) is 1. The largest absolute Gasteiger partial charge is 0.373 e. The van der Waals surface area contributed by atoms with Crippen LogP contribution in [-0.2, 0) is 19.6 Å². The van der Waals surface area contributed by atoms with Crippen LogP contribution in [0.3, 0.4) is 0 Å². The minimum absolute atomic E-state index is 0.0330. The number of hydrogen-bond acceptors (Lipinski definition) is 5. The molecule has 0 spiro atoms. The Labute approximate surface area is 135 Å². The number of carbonyl (C=O) groups excluding carboxylic acids is 1. The van der Waals surface area contributed by atoms with E-state index in [-0.39, 0.29) is 17.5 Å². The molecule has 0 aromatic heterocycles. The van der Waals surface area contributed by atoms with Crippen LogP contribution in [0.2, 0.25) is 0 Å². The first-order chi connectivity index (χ1) is 10.6. The monoisotopic (exact) mass is 337 g/mol. The summed E-state index contributed by atoms with van der Waals surface area (Å²) < 4.78 is 32.4. The molecule has 2 aliphatic rings. The number of ether oxygens (including phenoxy) is 1. The van der Waals surface area contributed by atoms with Gasteiger partial charge in [-0.1, -0.05) is 6.07 Å². The zero-order valence-corrected chi connectivity index (χ0v) is 14.3. The fourth-order valence-electron chi connectivity index (χ4n) is 2.49. The van der Waals surface area contributed by atoms with Gasteiger partial charge in [0.2, 0.25) is 5.96 Å². The SMILES string of the molecule is Cc1ccc2c(c1)N=C1NC(=O)C(COC(C)(C)C)N1S2(=O)=O. The van der Waals surface area contributed by atoms with Gasteiger partial charge in [-0.15, -0.1) is 0 Å². The van der Waals surface area contributed by atoms with E-state index in [9.17, 15) is 13.2 Å². The molecular weight excluding hydrogens is 318 g/mol. The van der Waals surface area contributed by atoms with Crippen LogP contribution in [0.1, 0.15) is 26.3 Å². The van der Waals surface area contributed by atoms with Crippen LogP contribution in [0.25, 0.3) is 0 Å². The number of fused-ring (bicyclic) bond motifs is 2. The lowest BCUT2D eigenvalue weighted by molar-refractivity contribution is -0.124. The molecule has 1 aromatic carbocycles. The molecule has 1 saturated heterocycles. The zero-order valence-electron chi connectivity index (χ0n) is 13.5. The van der Waals surface area contributed by atoms with Crippen molar-refractivity contribution in [1.29, 1.82) is 0 Å². The number of guanidine groups is 1. The van der Waals surface area contributed by atoms with E-state index in [0.29, 0.717) is 5.69 Å². The third-order valence-electron chi connectivity index (χ3n) is 3.58. The van der Waals surface area contributed by atoms with Gasteiger partial charge in [-0.3, -0.25) is 10.1 Å². The number of aliphatic imine (C=N–C) groups is 1. The second-order valence-electron chi connectivity index (χ2n) is 6.64. The van der Waals surface area contributed by atoms with Crippen LogP contribution in [0.15, 0.2) is 28.1 Å². The van der Waals surface area contributed by atoms with Crippen molar-refractivity contribution in [2.75, 3.05) is 6.61 Å². The number of aryl methyl sites for hydroxylation is 1. The van der Waals surface area contributed by atoms with Crippen molar-refractivity contribution in [3.8, 4) is 0 Å². The van der Waals surface area contributed by atoms with Gasteiger partial charge in [0, 0.05) is 0 Å². The van der Waals surface area contributed by atoms with E-state index in [1.54, 1.807) is 12.1 Å². The van der Waals surface area contributed by atoms with E-state index in [4.69, 9.17) is 4.74 Å². The lowest BCUT2D eigenvalue weighted by Crippen LogP contribution is -2.45. The van der Waals surface area contributed by atoms with Crippen molar-refractivity contribution >= 4 is 27.6 Å². The Morgan fingerprint density at radius 1 is 1.35 bits per heavy atom. The summed E-state index contributed by atoms with van der Waals surface area (Å²) in [6.45, 7) is 7.36. The van der Waals surface area contributed by atoms with Crippen LogP contribution in [0.4, 0.5) is 5.69 Å². The Kier molecular flexibility index (Phi) is 3.49. The van der Waals surface area contributed by atoms with E-state index in [2.05, 4.69) is 10.3 Å². The van der Waals surface area contributed by atoms with E-state index in [1.165, 1.54) is 6.07 Å². The molecule has 2 heterocycles. The van der Waals surface area contributed by atoms with Crippen LogP contribution in [0.5, 0.6) is 0 Å². The van der Waals surface area contributed by atoms with Gasteiger partial charge in [0.15, 0.2) is 6.04 Å². The highest BCUT2D eigenvalue weighted by molar-refractivity contribution is 7.90. The molecule has 1 fully saturated rings. The summed E-state index contributed by atoms with van der Waals surface area (Å²) in [6.07, 6.45) is 0. The average molecular weight is 337 g/mol. The second-order valence-corrected chi connectivity index (χ2v) is 8.42. The van der Waals surface area contributed by atoms with Crippen LogP contribution >= 0.6 is 0 Å². The highest BCUT2D eigenvalue weighted by Crippen LogP contribution is 2.35. The molecule has 124 valence electrons. The van der Waals surface area contributed by atoms with Crippen LogP contribution in [0, 0.1) is 6.92 Å². The topological polar surface area (TPSA) is 88.1 Å². The molecule has 2 aliphatic heterocycles. The van der Waals surface area contributed by atoms with E-state index in [0.717, 1.165) is 9.87 Å².